The topological polar surface area (TPSA) is 92.5 Å². The number of aryl methyl sites for hydroxylation is 3. The number of carbonyl (C=O) groups excluding carboxylic acids is 1. The van der Waals surface area contributed by atoms with Crippen molar-refractivity contribution in [3.8, 4) is 5.69 Å². The van der Waals surface area contributed by atoms with Gasteiger partial charge in [-0.1, -0.05) is 48.0 Å². The van der Waals surface area contributed by atoms with Gasteiger partial charge in [0.15, 0.2) is 11.2 Å². The Kier molecular flexibility index (Phi) is 5.39. The SMILES string of the molecule is Cc1ccc(-n2c(C)c(C)n3c4c(=O)n(CC(=O)OCc5ccccc5)c(=O)n(C)c4nc23)cc1. The van der Waals surface area contributed by atoms with E-state index in [1.165, 1.54) is 4.57 Å². The van der Waals surface area contributed by atoms with Gasteiger partial charge in [0.05, 0.1) is 0 Å². The van der Waals surface area contributed by atoms with E-state index in [9.17, 15) is 14.4 Å². The third-order valence-electron chi connectivity index (χ3n) is 6.34. The van der Waals surface area contributed by atoms with Crippen molar-refractivity contribution in [2.24, 2.45) is 7.05 Å². The van der Waals surface area contributed by atoms with Crippen molar-refractivity contribution < 1.29 is 9.53 Å². The molecule has 5 aromatic rings. The highest BCUT2D eigenvalue weighted by atomic mass is 16.5. The first-order valence-corrected chi connectivity index (χ1v) is 11.2. The number of nitrogens with zero attached hydrogens (tertiary/aromatic N) is 5. The molecule has 5 rings (SSSR count). The molecular weight excluding hydrogens is 446 g/mol. The van der Waals surface area contributed by atoms with Crippen molar-refractivity contribution in [3.05, 3.63) is 98.0 Å². The monoisotopic (exact) mass is 471 g/mol. The van der Waals surface area contributed by atoms with Gasteiger partial charge in [-0.15, -0.1) is 0 Å². The van der Waals surface area contributed by atoms with E-state index < -0.39 is 23.8 Å². The van der Waals surface area contributed by atoms with Crippen LogP contribution in [0.2, 0.25) is 0 Å². The first kappa shape index (κ1) is 22.4. The first-order chi connectivity index (χ1) is 16.8. The second kappa shape index (κ2) is 8.43. The van der Waals surface area contributed by atoms with Gasteiger partial charge in [-0.05, 0) is 38.5 Å². The number of imidazole rings is 2. The maximum Gasteiger partial charge on any atom is 0.333 e. The van der Waals surface area contributed by atoms with Crippen molar-refractivity contribution in [1.82, 2.24) is 23.1 Å². The summed E-state index contributed by atoms with van der Waals surface area (Å²) >= 11 is 0. The summed E-state index contributed by atoms with van der Waals surface area (Å²) in [7, 11) is 1.54. The van der Waals surface area contributed by atoms with Crippen LogP contribution in [0.15, 0.2) is 64.2 Å². The molecule has 9 nitrogen and oxygen atoms in total. The molecule has 0 fully saturated rings. The molecule has 178 valence electrons. The van der Waals surface area contributed by atoms with E-state index in [1.54, 1.807) is 11.4 Å². The highest BCUT2D eigenvalue weighted by Gasteiger charge is 2.24. The minimum atomic E-state index is -0.668. The lowest BCUT2D eigenvalue weighted by molar-refractivity contribution is -0.145. The van der Waals surface area contributed by atoms with E-state index in [0.29, 0.717) is 5.78 Å². The minimum absolute atomic E-state index is 0.0611. The highest BCUT2D eigenvalue weighted by Crippen LogP contribution is 2.24. The lowest BCUT2D eigenvalue weighted by Crippen LogP contribution is -2.41. The summed E-state index contributed by atoms with van der Waals surface area (Å²) in [5.74, 6) is -0.145. The average Bonchev–Trinajstić information content (AvgIpc) is 3.36. The smallest absolute Gasteiger partial charge is 0.333 e. The lowest BCUT2D eigenvalue weighted by Gasteiger charge is -2.09. The number of fused-ring (bicyclic) bond motifs is 3. The molecule has 3 aromatic heterocycles. The van der Waals surface area contributed by atoms with Crippen molar-refractivity contribution in [3.63, 3.8) is 0 Å². The summed E-state index contributed by atoms with van der Waals surface area (Å²) in [5.41, 5.74) is 3.86. The van der Waals surface area contributed by atoms with E-state index in [4.69, 9.17) is 4.74 Å². The number of hydrogen-bond donors (Lipinski definition) is 0. The van der Waals surface area contributed by atoms with Crippen LogP contribution in [0, 0.1) is 20.8 Å². The van der Waals surface area contributed by atoms with E-state index in [1.807, 2.05) is 79.9 Å². The summed E-state index contributed by atoms with van der Waals surface area (Å²) in [6, 6.07) is 17.2. The van der Waals surface area contributed by atoms with Gasteiger partial charge < -0.3 is 4.74 Å². The second-order valence-electron chi connectivity index (χ2n) is 8.64. The predicted octanol–water partition coefficient (Wildman–Crippen LogP) is 2.81. The summed E-state index contributed by atoms with van der Waals surface area (Å²) in [6.45, 7) is 5.44. The fourth-order valence-corrected chi connectivity index (χ4v) is 4.31. The van der Waals surface area contributed by atoms with Crippen molar-refractivity contribution in [2.75, 3.05) is 0 Å². The molecule has 0 saturated heterocycles. The molecule has 0 aliphatic carbocycles. The van der Waals surface area contributed by atoms with E-state index >= 15 is 0 Å². The fraction of sp³-hybridized carbons (Fsp3) is 0.231. The van der Waals surface area contributed by atoms with Crippen LogP contribution in [0.1, 0.15) is 22.5 Å². The second-order valence-corrected chi connectivity index (χ2v) is 8.64. The number of carbonyl (C=O) groups is 1. The molecule has 0 radical (unpaired) electrons. The number of ether oxygens (including phenoxy) is 1. The predicted molar refractivity (Wildman–Crippen MR) is 132 cm³/mol. The molecule has 0 bridgehead atoms. The van der Waals surface area contributed by atoms with Crippen molar-refractivity contribution >= 4 is 22.9 Å². The normalized spacial score (nSPS) is 11.4. The molecule has 0 atom stereocenters. The van der Waals surface area contributed by atoms with Gasteiger partial charge in [0.2, 0.25) is 5.78 Å². The van der Waals surface area contributed by atoms with Crippen LogP contribution in [-0.2, 0) is 29.7 Å². The number of esters is 1. The Balaban J connectivity index is 1.62. The number of benzene rings is 2. The molecule has 0 aliphatic rings. The zero-order valence-electron chi connectivity index (χ0n) is 20.0. The largest absolute Gasteiger partial charge is 0.459 e. The van der Waals surface area contributed by atoms with Gasteiger partial charge in [-0.2, -0.15) is 4.98 Å². The fourth-order valence-electron chi connectivity index (χ4n) is 4.31. The molecular formula is C26H25N5O4. The Morgan fingerprint density at radius 3 is 2.31 bits per heavy atom. The standard InChI is InChI=1S/C26H25N5O4/c1-16-10-12-20(13-11-16)30-17(2)18(3)31-22-23(27-25(30)31)28(4)26(34)29(24(22)33)14-21(32)35-15-19-8-6-5-7-9-19/h5-13H,14-15H2,1-4H3. The Hall–Kier alpha value is -4.40. The van der Waals surface area contributed by atoms with E-state index in [0.717, 1.165) is 32.8 Å². The van der Waals surface area contributed by atoms with E-state index in [2.05, 4.69) is 4.98 Å². The molecule has 0 N–H and O–H groups in total. The molecule has 0 aliphatic heterocycles. The van der Waals surface area contributed by atoms with Crippen LogP contribution in [0.5, 0.6) is 0 Å². The Bertz CT molecular complexity index is 1700. The number of rotatable bonds is 5. The summed E-state index contributed by atoms with van der Waals surface area (Å²) < 4.78 is 11.2. The molecule has 0 amide bonds. The summed E-state index contributed by atoms with van der Waals surface area (Å²) in [4.78, 5) is 43.7. The molecule has 0 unspecified atom stereocenters. The Morgan fingerprint density at radius 2 is 1.63 bits per heavy atom. The van der Waals surface area contributed by atoms with Crippen LogP contribution >= 0.6 is 0 Å². The van der Waals surface area contributed by atoms with Gasteiger partial charge in [0.25, 0.3) is 5.56 Å². The number of aromatic nitrogens is 5. The molecule has 3 heterocycles. The zero-order chi connectivity index (χ0) is 24.9. The van der Waals surface area contributed by atoms with Crippen LogP contribution in [0.4, 0.5) is 0 Å². The molecule has 35 heavy (non-hydrogen) atoms. The maximum atomic E-state index is 13.5. The Labute approximate surface area is 200 Å². The van der Waals surface area contributed by atoms with E-state index in [-0.39, 0.29) is 17.8 Å². The van der Waals surface area contributed by atoms with Gasteiger partial charge in [0.1, 0.15) is 13.2 Å². The maximum absolute atomic E-state index is 13.5. The number of hydrogen-bond acceptors (Lipinski definition) is 5. The first-order valence-electron chi connectivity index (χ1n) is 11.2. The highest BCUT2D eigenvalue weighted by molar-refractivity contribution is 5.78. The molecule has 0 spiro atoms. The van der Waals surface area contributed by atoms with Crippen molar-refractivity contribution in [2.45, 2.75) is 33.9 Å². The summed E-state index contributed by atoms with van der Waals surface area (Å²) in [6.07, 6.45) is 0. The average molecular weight is 472 g/mol. The molecule has 0 saturated carbocycles. The molecule has 2 aromatic carbocycles. The molecule has 9 heteroatoms. The van der Waals surface area contributed by atoms with Gasteiger partial charge in [0, 0.05) is 24.1 Å². The lowest BCUT2D eigenvalue weighted by atomic mass is 10.2. The third-order valence-corrected chi connectivity index (χ3v) is 6.34. The van der Waals surface area contributed by atoms with Gasteiger partial charge in [-0.25, -0.2) is 9.36 Å². The van der Waals surface area contributed by atoms with Crippen LogP contribution < -0.4 is 11.2 Å². The van der Waals surface area contributed by atoms with Crippen molar-refractivity contribution in [1.29, 1.82) is 0 Å². The quantitative estimate of drug-likeness (QED) is 0.368. The summed E-state index contributed by atoms with van der Waals surface area (Å²) in [5, 5.41) is 0. The minimum Gasteiger partial charge on any atom is -0.459 e. The van der Waals surface area contributed by atoms with Gasteiger partial charge >= 0.3 is 11.7 Å². The van der Waals surface area contributed by atoms with Crippen LogP contribution in [-0.4, -0.2) is 29.1 Å². The van der Waals surface area contributed by atoms with Crippen LogP contribution in [0.3, 0.4) is 0 Å². The third kappa shape index (κ3) is 3.65. The van der Waals surface area contributed by atoms with Gasteiger partial charge in [-0.3, -0.25) is 23.1 Å². The zero-order valence-corrected chi connectivity index (χ0v) is 20.0. The Morgan fingerprint density at radius 1 is 0.943 bits per heavy atom. The van der Waals surface area contributed by atoms with Crippen LogP contribution in [0.25, 0.3) is 22.6 Å².